The zero-order valence-electron chi connectivity index (χ0n) is 17.2. The van der Waals surface area contributed by atoms with Crippen LogP contribution in [0.4, 0.5) is 0 Å². The Balaban J connectivity index is 1.61. The van der Waals surface area contributed by atoms with Gasteiger partial charge < -0.3 is 34.3 Å². The maximum Gasteiger partial charge on any atom is 0.125 e. The number of hydrogen-bond donors (Lipinski definition) is 3. The molecular formula is C23H28O7. The van der Waals surface area contributed by atoms with E-state index in [0.29, 0.717) is 47.0 Å². The van der Waals surface area contributed by atoms with Crippen LogP contribution in [0.1, 0.15) is 35.3 Å². The molecule has 0 radical (unpaired) electrons. The van der Waals surface area contributed by atoms with Crippen LogP contribution < -0.4 is 18.9 Å². The van der Waals surface area contributed by atoms with E-state index in [1.54, 1.807) is 38.5 Å². The van der Waals surface area contributed by atoms with Gasteiger partial charge >= 0.3 is 0 Å². The standard InChI is InChI=1S/C23H28O7/c1-27-14-5-6-19-15(9-14)22(25)17(11-29-19)18-12-30-21-8-13(4-3-7-24)20(28-2)10-16(21)23(18)26/h5-6,8-10,17-18,22-26H,3-4,7,11-12H2,1-2H3/t17-,18+,22-,23+/m1/s1. The van der Waals surface area contributed by atoms with Gasteiger partial charge in [-0.25, -0.2) is 0 Å². The van der Waals surface area contributed by atoms with Crippen molar-refractivity contribution >= 4 is 0 Å². The van der Waals surface area contributed by atoms with Gasteiger partial charge in [0.25, 0.3) is 0 Å². The van der Waals surface area contributed by atoms with Crippen molar-refractivity contribution in [1.82, 2.24) is 0 Å². The molecule has 4 rings (SSSR count). The molecule has 2 aliphatic rings. The molecule has 4 atom stereocenters. The molecular weight excluding hydrogens is 388 g/mol. The van der Waals surface area contributed by atoms with Crippen LogP contribution in [-0.2, 0) is 6.42 Å². The molecule has 2 aromatic rings. The normalized spacial score (nSPS) is 24.8. The van der Waals surface area contributed by atoms with Gasteiger partial charge in [0, 0.05) is 29.6 Å². The van der Waals surface area contributed by atoms with E-state index in [4.69, 9.17) is 24.1 Å². The third kappa shape index (κ3) is 3.69. The lowest BCUT2D eigenvalue weighted by molar-refractivity contribution is -0.0552. The van der Waals surface area contributed by atoms with Gasteiger partial charge in [-0.15, -0.1) is 0 Å². The van der Waals surface area contributed by atoms with E-state index in [9.17, 15) is 10.2 Å². The monoisotopic (exact) mass is 416 g/mol. The number of ether oxygens (including phenoxy) is 4. The smallest absolute Gasteiger partial charge is 0.125 e. The lowest BCUT2D eigenvalue weighted by atomic mass is 9.77. The second-order valence-electron chi connectivity index (χ2n) is 7.77. The van der Waals surface area contributed by atoms with E-state index >= 15 is 0 Å². The first-order valence-corrected chi connectivity index (χ1v) is 10.2. The molecule has 0 bridgehead atoms. The van der Waals surface area contributed by atoms with Gasteiger partial charge in [0.1, 0.15) is 23.0 Å². The molecule has 0 unspecified atom stereocenters. The van der Waals surface area contributed by atoms with Crippen molar-refractivity contribution in [2.75, 3.05) is 34.0 Å². The van der Waals surface area contributed by atoms with Crippen molar-refractivity contribution in [3.05, 3.63) is 47.0 Å². The molecule has 7 nitrogen and oxygen atoms in total. The van der Waals surface area contributed by atoms with Crippen LogP contribution in [0.5, 0.6) is 23.0 Å². The highest BCUT2D eigenvalue weighted by molar-refractivity contribution is 5.49. The van der Waals surface area contributed by atoms with Gasteiger partial charge in [-0.3, -0.25) is 0 Å². The Morgan fingerprint density at radius 2 is 1.57 bits per heavy atom. The van der Waals surface area contributed by atoms with Crippen LogP contribution in [-0.4, -0.2) is 49.4 Å². The molecule has 3 N–H and O–H groups in total. The zero-order valence-corrected chi connectivity index (χ0v) is 17.2. The molecule has 2 heterocycles. The van der Waals surface area contributed by atoms with Crippen LogP contribution >= 0.6 is 0 Å². The number of fused-ring (bicyclic) bond motifs is 2. The van der Waals surface area contributed by atoms with E-state index in [2.05, 4.69) is 0 Å². The summed E-state index contributed by atoms with van der Waals surface area (Å²) in [6.07, 6.45) is -0.359. The van der Waals surface area contributed by atoms with Crippen LogP contribution in [0.15, 0.2) is 30.3 Å². The molecule has 162 valence electrons. The van der Waals surface area contributed by atoms with E-state index < -0.39 is 12.2 Å². The summed E-state index contributed by atoms with van der Waals surface area (Å²) in [5, 5.41) is 31.3. The molecule has 30 heavy (non-hydrogen) atoms. The predicted octanol–water partition coefficient (Wildman–Crippen LogP) is 2.41. The van der Waals surface area contributed by atoms with E-state index in [0.717, 1.165) is 5.56 Å². The van der Waals surface area contributed by atoms with Gasteiger partial charge in [0.2, 0.25) is 0 Å². The van der Waals surface area contributed by atoms with Crippen LogP contribution in [0.3, 0.4) is 0 Å². The maximum atomic E-state index is 11.2. The highest BCUT2D eigenvalue weighted by Gasteiger charge is 2.42. The molecule has 0 aliphatic carbocycles. The summed E-state index contributed by atoms with van der Waals surface area (Å²) in [7, 11) is 3.16. The van der Waals surface area contributed by atoms with Crippen molar-refractivity contribution in [3.8, 4) is 23.0 Å². The summed E-state index contributed by atoms with van der Waals surface area (Å²) in [6.45, 7) is 0.647. The van der Waals surface area contributed by atoms with Crippen LogP contribution in [0, 0.1) is 11.8 Å². The topological polar surface area (TPSA) is 97.6 Å². The summed E-state index contributed by atoms with van der Waals surface area (Å²) in [4.78, 5) is 0. The maximum absolute atomic E-state index is 11.2. The van der Waals surface area contributed by atoms with Crippen molar-refractivity contribution < 1.29 is 34.3 Å². The fraction of sp³-hybridized carbons (Fsp3) is 0.478. The first-order valence-electron chi connectivity index (χ1n) is 10.2. The van der Waals surface area contributed by atoms with Gasteiger partial charge in [-0.2, -0.15) is 0 Å². The molecule has 2 aromatic carbocycles. The molecule has 0 saturated heterocycles. The Bertz CT molecular complexity index is 897. The molecule has 2 aliphatic heterocycles. The van der Waals surface area contributed by atoms with Crippen LogP contribution in [0.25, 0.3) is 0 Å². The zero-order chi connectivity index (χ0) is 21.3. The van der Waals surface area contributed by atoms with Crippen molar-refractivity contribution in [2.24, 2.45) is 11.8 Å². The summed E-state index contributed by atoms with van der Waals surface area (Å²) < 4.78 is 22.6. The molecule has 0 fully saturated rings. The van der Waals surface area contributed by atoms with Crippen molar-refractivity contribution in [2.45, 2.75) is 25.0 Å². The van der Waals surface area contributed by atoms with Crippen molar-refractivity contribution in [3.63, 3.8) is 0 Å². The number of rotatable bonds is 6. The Morgan fingerprint density at radius 1 is 0.900 bits per heavy atom. The Hall–Kier alpha value is -2.48. The Labute approximate surface area is 175 Å². The molecule has 0 aromatic heterocycles. The third-order valence-corrected chi connectivity index (χ3v) is 6.09. The minimum atomic E-state index is -0.829. The molecule has 0 amide bonds. The Morgan fingerprint density at radius 3 is 2.20 bits per heavy atom. The predicted molar refractivity (Wildman–Crippen MR) is 109 cm³/mol. The van der Waals surface area contributed by atoms with E-state index in [1.165, 1.54) is 0 Å². The highest BCUT2D eigenvalue weighted by Crippen LogP contribution is 2.47. The average Bonchev–Trinajstić information content (AvgIpc) is 2.78. The first kappa shape index (κ1) is 20.8. The number of aliphatic hydroxyl groups excluding tert-OH is 3. The summed E-state index contributed by atoms with van der Waals surface area (Å²) >= 11 is 0. The fourth-order valence-electron chi connectivity index (χ4n) is 4.38. The van der Waals surface area contributed by atoms with Gasteiger partial charge in [0.15, 0.2) is 0 Å². The number of benzene rings is 2. The molecule has 0 spiro atoms. The number of hydrogen-bond acceptors (Lipinski definition) is 7. The summed E-state index contributed by atoms with van der Waals surface area (Å²) in [6, 6.07) is 9.02. The lowest BCUT2D eigenvalue weighted by Crippen LogP contribution is -2.40. The van der Waals surface area contributed by atoms with Crippen molar-refractivity contribution in [1.29, 1.82) is 0 Å². The third-order valence-electron chi connectivity index (χ3n) is 6.09. The fourth-order valence-corrected chi connectivity index (χ4v) is 4.38. The second-order valence-corrected chi connectivity index (χ2v) is 7.77. The highest BCUT2D eigenvalue weighted by atomic mass is 16.5. The summed E-state index contributed by atoms with van der Waals surface area (Å²) in [5.74, 6) is 1.85. The minimum Gasteiger partial charge on any atom is -0.497 e. The SMILES string of the molecule is COc1ccc2c(c1)[C@@H](O)[C@@H]([C@@H]1COc3cc(CCCO)c(OC)cc3[C@@H]1O)CO2. The number of aryl methyl sites for hydroxylation is 1. The molecule has 0 saturated carbocycles. The first-order chi connectivity index (χ1) is 14.6. The Kier molecular flexibility index (Phi) is 6.04. The van der Waals surface area contributed by atoms with Gasteiger partial charge in [0.05, 0.1) is 39.6 Å². The molecule has 7 heteroatoms. The van der Waals surface area contributed by atoms with Crippen LogP contribution in [0.2, 0.25) is 0 Å². The van der Waals surface area contributed by atoms with Gasteiger partial charge in [-0.1, -0.05) is 0 Å². The average molecular weight is 416 g/mol. The quantitative estimate of drug-likeness (QED) is 0.665. The summed E-state index contributed by atoms with van der Waals surface area (Å²) in [5.41, 5.74) is 2.22. The largest absolute Gasteiger partial charge is 0.497 e. The number of methoxy groups -OCH3 is 2. The lowest BCUT2D eigenvalue weighted by Gasteiger charge is -2.40. The number of aliphatic hydroxyl groups is 3. The van der Waals surface area contributed by atoms with E-state index in [-0.39, 0.29) is 31.7 Å². The minimum absolute atomic E-state index is 0.0949. The second kappa shape index (κ2) is 8.71. The van der Waals surface area contributed by atoms with E-state index in [1.807, 2.05) is 6.07 Å². The van der Waals surface area contributed by atoms with Gasteiger partial charge in [-0.05, 0) is 48.7 Å².